The van der Waals surface area contributed by atoms with Crippen LogP contribution in [0.3, 0.4) is 0 Å². The van der Waals surface area contributed by atoms with E-state index >= 15 is 0 Å². The van der Waals surface area contributed by atoms with Crippen molar-refractivity contribution in [3.05, 3.63) is 23.3 Å². The SMILES string of the molecule is Cc1cc2c(cc1CCNC(=O)C(=O)O)OCO2. The summed E-state index contributed by atoms with van der Waals surface area (Å²) in [4.78, 5) is 21.2. The summed E-state index contributed by atoms with van der Waals surface area (Å²) < 4.78 is 10.5. The molecule has 2 rings (SSSR count). The topological polar surface area (TPSA) is 84.9 Å². The first kappa shape index (κ1) is 12.2. The molecule has 96 valence electrons. The number of benzene rings is 1. The second-order valence-corrected chi connectivity index (χ2v) is 3.94. The van der Waals surface area contributed by atoms with Gasteiger partial charge in [-0.05, 0) is 36.6 Å². The zero-order valence-electron chi connectivity index (χ0n) is 9.86. The van der Waals surface area contributed by atoms with Gasteiger partial charge in [-0.15, -0.1) is 0 Å². The molecule has 0 aliphatic carbocycles. The van der Waals surface area contributed by atoms with Crippen LogP contribution in [-0.2, 0) is 16.0 Å². The van der Waals surface area contributed by atoms with Gasteiger partial charge in [-0.25, -0.2) is 4.79 Å². The Morgan fingerprint density at radius 2 is 2.00 bits per heavy atom. The maximum Gasteiger partial charge on any atom is 0.394 e. The minimum atomic E-state index is -1.47. The van der Waals surface area contributed by atoms with Crippen molar-refractivity contribution < 1.29 is 24.2 Å². The van der Waals surface area contributed by atoms with E-state index in [9.17, 15) is 9.59 Å². The third kappa shape index (κ3) is 2.53. The van der Waals surface area contributed by atoms with Crippen molar-refractivity contribution in [3.8, 4) is 11.5 Å². The molecule has 0 spiro atoms. The fourth-order valence-electron chi connectivity index (χ4n) is 1.74. The van der Waals surface area contributed by atoms with Gasteiger partial charge in [-0.2, -0.15) is 0 Å². The van der Waals surface area contributed by atoms with E-state index in [0.717, 1.165) is 11.1 Å². The van der Waals surface area contributed by atoms with Crippen molar-refractivity contribution in [3.63, 3.8) is 0 Å². The smallest absolute Gasteiger partial charge is 0.394 e. The van der Waals surface area contributed by atoms with Gasteiger partial charge in [0.05, 0.1) is 0 Å². The van der Waals surface area contributed by atoms with E-state index in [2.05, 4.69) is 5.32 Å². The van der Waals surface area contributed by atoms with E-state index in [1.807, 2.05) is 19.1 Å². The van der Waals surface area contributed by atoms with Gasteiger partial charge in [0.1, 0.15) is 0 Å². The number of fused-ring (bicyclic) bond motifs is 1. The number of amides is 1. The summed E-state index contributed by atoms with van der Waals surface area (Å²) in [5.41, 5.74) is 2.01. The average molecular weight is 251 g/mol. The lowest BCUT2D eigenvalue weighted by atomic mass is 10.0. The molecule has 0 saturated carbocycles. The average Bonchev–Trinajstić information content (AvgIpc) is 2.75. The molecule has 0 unspecified atom stereocenters. The molecule has 1 aliphatic rings. The number of hydrogen-bond donors (Lipinski definition) is 2. The highest BCUT2D eigenvalue weighted by atomic mass is 16.7. The summed E-state index contributed by atoms with van der Waals surface area (Å²) in [7, 11) is 0. The van der Waals surface area contributed by atoms with Gasteiger partial charge in [-0.3, -0.25) is 4.79 Å². The van der Waals surface area contributed by atoms with Crippen LogP contribution in [0, 0.1) is 6.92 Å². The molecular weight excluding hydrogens is 238 g/mol. The number of ether oxygens (including phenoxy) is 2. The van der Waals surface area contributed by atoms with Crippen molar-refractivity contribution in [1.29, 1.82) is 0 Å². The molecule has 0 radical (unpaired) electrons. The fourth-order valence-corrected chi connectivity index (χ4v) is 1.74. The minimum absolute atomic E-state index is 0.216. The number of aryl methyl sites for hydroxylation is 1. The molecule has 1 heterocycles. The van der Waals surface area contributed by atoms with Gasteiger partial charge >= 0.3 is 11.9 Å². The van der Waals surface area contributed by atoms with Gasteiger partial charge in [0.2, 0.25) is 6.79 Å². The van der Waals surface area contributed by atoms with E-state index in [1.165, 1.54) is 0 Å². The Kier molecular flexibility index (Phi) is 3.36. The lowest BCUT2D eigenvalue weighted by Crippen LogP contribution is -2.32. The highest BCUT2D eigenvalue weighted by molar-refractivity contribution is 6.31. The summed E-state index contributed by atoms with van der Waals surface area (Å²) in [6, 6.07) is 3.72. The van der Waals surface area contributed by atoms with E-state index in [-0.39, 0.29) is 13.3 Å². The predicted octanol–water partition coefficient (Wildman–Crippen LogP) is 0.467. The van der Waals surface area contributed by atoms with Crippen LogP contribution in [0.1, 0.15) is 11.1 Å². The zero-order chi connectivity index (χ0) is 13.1. The third-order valence-corrected chi connectivity index (χ3v) is 2.71. The summed E-state index contributed by atoms with van der Waals surface area (Å²) in [5, 5.41) is 10.7. The number of aliphatic carboxylic acids is 1. The van der Waals surface area contributed by atoms with E-state index in [0.29, 0.717) is 17.9 Å². The molecule has 18 heavy (non-hydrogen) atoms. The van der Waals surface area contributed by atoms with Crippen molar-refractivity contribution in [1.82, 2.24) is 5.32 Å². The van der Waals surface area contributed by atoms with Gasteiger partial charge in [-0.1, -0.05) is 0 Å². The van der Waals surface area contributed by atoms with Crippen LogP contribution in [0.5, 0.6) is 11.5 Å². The molecule has 0 saturated heterocycles. The fraction of sp³-hybridized carbons (Fsp3) is 0.333. The highest BCUT2D eigenvalue weighted by Gasteiger charge is 2.16. The molecule has 0 atom stereocenters. The normalized spacial score (nSPS) is 12.3. The third-order valence-electron chi connectivity index (χ3n) is 2.71. The molecule has 2 N–H and O–H groups in total. The van der Waals surface area contributed by atoms with Gasteiger partial charge in [0.15, 0.2) is 11.5 Å². The van der Waals surface area contributed by atoms with Gasteiger partial charge in [0, 0.05) is 6.54 Å². The maximum absolute atomic E-state index is 10.8. The largest absolute Gasteiger partial charge is 0.474 e. The first-order valence-electron chi connectivity index (χ1n) is 5.48. The Labute approximate surface area is 104 Å². The number of hydrogen-bond acceptors (Lipinski definition) is 4. The molecule has 1 amide bonds. The molecular formula is C12H13NO5. The number of nitrogens with one attached hydrogen (secondary N) is 1. The molecule has 0 fully saturated rings. The van der Waals surface area contributed by atoms with Gasteiger partial charge in [0.25, 0.3) is 0 Å². The molecule has 1 aromatic rings. The lowest BCUT2D eigenvalue weighted by Gasteiger charge is -2.07. The molecule has 6 heteroatoms. The van der Waals surface area contributed by atoms with Crippen molar-refractivity contribution in [2.45, 2.75) is 13.3 Å². The van der Waals surface area contributed by atoms with Crippen LogP contribution < -0.4 is 14.8 Å². The van der Waals surface area contributed by atoms with Crippen molar-refractivity contribution in [2.75, 3.05) is 13.3 Å². The van der Waals surface area contributed by atoms with Crippen LogP contribution in [0.15, 0.2) is 12.1 Å². The zero-order valence-corrected chi connectivity index (χ0v) is 9.86. The van der Waals surface area contributed by atoms with Crippen LogP contribution in [-0.4, -0.2) is 30.3 Å². The lowest BCUT2D eigenvalue weighted by molar-refractivity contribution is -0.150. The highest BCUT2D eigenvalue weighted by Crippen LogP contribution is 2.34. The summed E-state index contributed by atoms with van der Waals surface area (Å²) in [6.45, 7) is 2.41. The number of carboxylic acid groups (broad SMARTS) is 1. The first-order valence-corrected chi connectivity index (χ1v) is 5.48. The quantitative estimate of drug-likeness (QED) is 0.763. The molecule has 1 aliphatic heterocycles. The Morgan fingerprint density at radius 1 is 1.33 bits per heavy atom. The summed E-state index contributed by atoms with van der Waals surface area (Å²) >= 11 is 0. The second kappa shape index (κ2) is 4.95. The monoisotopic (exact) mass is 251 g/mol. The van der Waals surface area contributed by atoms with Crippen molar-refractivity contribution >= 4 is 11.9 Å². The molecule has 0 bridgehead atoms. The second-order valence-electron chi connectivity index (χ2n) is 3.94. The van der Waals surface area contributed by atoms with Crippen LogP contribution in [0.2, 0.25) is 0 Å². The Bertz CT molecular complexity index is 497. The summed E-state index contributed by atoms with van der Waals surface area (Å²) in [5.74, 6) is -1.07. The van der Waals surface area contributed by atoms with Crippen LogP contribution >= 0.6 is 0 Å². The van der Waals surface area contributed by atoms with E-state index < -0.39 is 11.9 Å². The minimum Gasteiger partial charge on any atom is -0.474 e. The molecule has 1 aromatic carbocycles. The van der Waals surface area contributed by atoms with E-state index in [4.69, 9.17) is 14.6 Å². The van der Waals surface area contributed by atoms with Crippen molar-refractivity contribution in [2.24, 2.45) is 0 Å². The number of carbonyl (C=O) groups is 2. The van der Waals surface area contributed by atoms with E-state index in [1.54, 1.807) is 0 Å². The Balaban J connectivity index is 1.98. The Morgan fingerprint density at radius 3 is 2.67 bits per heavy atom. The number of rotatable bonds is 3. The summed E-state index contributed by atoms with van der Waals surface area (Å²) in [6.07, 6.45) is 0.543. The molecule has 0 aromatic heterocycles. The number of carboxylic acids is 1. The van der Waals surface area contributed by atoms with Crippen LogP contribution in [0.25, 0.3) is 0 Å². The van der Waals surface area contributed by atoms with Crippen LogP contribution in [0.4, 0.5) is 0 Å². The first-order chi connectivity index (χ1) is 8.58. The molecule has 6 nitrogen and oxygen atoms in total. The van der Waals surface area contributed by atoms with Gasteiger partial charge < -0.3 is 19.9 Å². The predicted molar refractivity (Wildman–Crippen MR) is 61.7 cm³/mol. The standard InChI is InChI=1S/C12H13NO5/c1-7-4-9-10(18-6-17-9)5-8(7)2-3-13-11(14)12(15)16/h4-5H,2-3,6H2,1H3,(H,13,14)(H,15,16). The number of carbonyl (C=O) groups excluding carboxylic acids is 1. The Hall–Kier alpha value is -2.24. The maximum atomic E-state index is 10.8.